The SMILES string of the molecule is CCCCCN(C(=O)C(CO)NC(=O)OC(C)(C)C)C(C(=O)Nc1c(C)cccc1Cl)c1ccc(CC)cc1. The van der Waals surface area contributed by atoms with Crippen LogP contribution in [-0.4, -0.2) is 52.7 Å². The van der Waals surface area contributed by atoms with Gasteiger partial charge in [-0.2, -0.15) is 0 Å². The van der Waals surface area contributed by atoms with Crippen molar-refractivity contribution < 1.29 is 24.2 Å². The maximum absolute atomic E-state index is 13.9. The number of halogens is 1. The van der Waals surface area contributed by atoms with Gasteiger partial charge in [-0.05, 0) is 63.3 Å². The minimum atomic E-state index is -1.30. The summed E-state index contributed by atoms with van der Waals surface area (Å²) in [6, 6.07) is 10.5. The third kappa shape index (κ3) is 9.55. The Morgan fingerprint density at radius 1 is 1.05 bits per heavy atom. The molecule has 0 radical (unpaired) electrons. The second-order valence-electron chi connectivity index (χ2n) is 10.5. The van der Waals surface area contributed by atoms with Crippen molar-refractivity contribution in [2.24, 2.45) is 0 Å². The van der Waals surface area contributed by atoms with Crippen LogP contribution in [0.5, 0.6) is 0 Å². The van der Waals surface area contributed by atoms with Gasteiger partial charge in [-0.3, -0.25) is 9.59 Å². The van der Waals surface area contributed by atoms with Crippen molar-refractivity contribution in [1.29, 1.82) is 0 Å². The Hall–Kier alpha value is -3.10. The van der Waals surface area contributed by atoms with Gasteiger partial charge < -0.3 is 25.4 Å². The number of benzene rings is 2. The van der Waals surface area contributed by atoms with Crippen LogP contribution in [0.1, 0.15) is 76.6 Å². The molecule has 3 amide bonds. The smallest absolute Gasteiger partial charge is 0.408 e. The van der Waals surface area contributed by atoms with Crippen LogP contribution in [0, 0.1) is 6.92 Å². The number of aliphatic hydroxyl groups is 1. The van der Waals surface area contributed by atoms with Crippen LogP contribution in [0.3, 0.4) is 0 Å². The van der Waals surface area contributed by atoms with Gasteiger partial charge in [-0.15, -0.1) is 0 Å². The summed E-state index contributed by atoms with van der Waals surface area (Å²) in [5.41, 5.74) is 2.15. The highest BCUT2D eigenvalue weighted by Crippen LogP contribution is 2.30. The molecule has 0 saturated heterocycles. The van der Waals surface area contributed by atoms with Crippen molar-refractivity contribution in [3.05, 3.63) is 64.2 Å². The highest BCUT2D eigenvalue weighted by atomic mass is 35.5. The molecular weight excluding hydrogens is 518 g/mol. The van der Waals surface area contributed by atoms with Crippen LogP contribution >= 0.6 is 11.6 Å². The lowest BCUT2D eigenvalue weighted by Gasteiger charge is -2.34. The first-order valence-electron chi connectivity index (χ1n) is 13.5. The van der Waals surface area contributed by atoms with Crippen LogP contribution in [-0.2, 0) is 20.7 Å². The zero-order chi connectivity index (χ0) is 29.2. The van der Waals surface area contributed by atoms with Gasteiger partial charge in [0.15, 0.2) is 0 Å². The van der Waals surface area contributed by atoms with Gasteiger partial charge >= 0.3 is 6.09 Å². The molecule has 0 fully saturated rings. The number of unbranched alkanes of at least 4 members (excludes halogenated alkanes) is 2. The number of hydrogen-bond acceptors (Lipinski definition) is 5. The normalized spacial score (nSPS) is 12.8. The van der Waals surface area contributed by atoms with Gasteiger partial charge in [0.25, 0.3) is 5.91 Å². The summed E-state index contributed by atoms with van der Waals surface area (Å²) >= 11 is 6.40. The summed E-state index contributed by atoms with van der Waals surface area (Å²) in [6.07, 6.45) is 2.36. The number of amides is 3. The molecule has 214 valence electrons. The molecule has 0 heterocycles. The molecule has 9 heteroatoms. The Labute approximate surface area is 237 Å². The Bertz CT molecular complexity index is 1090. The maximum Gasteiger partial charge on any atom is 0.408 e. The Morgan fingerprint density at radius 3 is 2.26 bits per heavy atom. The molecule has 2 rings (SSSR count). The number of carbonyl (C=O) groups is 3. The van der Waals surface area contributed by atoms with E-state index in [1.54, 1.807) is 32.9 Å². The van der Waals surface area contributed by atoms with E-state index in [2.05, 4.69) is 10.6 Å². The third-order valence-corrected chi connectivity index (χ3v) is 6.51. The van der Waals surface area contributed by atoms with Crippen molar-refractivity contribution in [2.75, 3.05) is 18.5 Å². The van der Waals surface area contributed by atoms with E-state index in [1.807, 2.05) is 51.1 Å². The Kier molecular flexibility index (Phi) is 12.3. The van der Waals surface area contributed by atoms with E-state index in [0.29, 0.717) is 22.7 Å². The minimum Gasteiger partial charge on any atom is -0.444 e. The van der Waals surface area contributed by atoms with E-state index in [-0.39, 0.29) is 6.54 Å². The fraction of sp³-hybridized carbons (Fsp3) is 0.500. The Balaban J connectivity index is 2.53. The number of ether oxygens (including phenoxy) is 1. The fourth-order valence-electron chi connectivity index (χ4n) is 4.12. The number of nitrogens with one attached hydrogen (secondary N) is 2. The summed E-state index contributed by atoms with van der Waals surface area (Å²) in [4.78, 5) is 41.7. The number of aliphatic hydroxyl groups excluding tert-OH is 1. The molecule has 8 nitrogen and oxygen atoms in total. The highest BCUT2D eigenvalue weighted by Gasteiger charge is 2.36. The largest absolute Gasteiger partial charge is 0.444 e. The lowest BCUT2D eigenvalue weighted by molar-refractivity contribution is -0.141. The number of hydrogen-bond donors (Lipinski definition) is 3. The van der Waals surface area contributed by atoms with Gasteiger partial charge in [0.2, 0.25) is 5.91 Å². The number of carbonyl (C=O) groups excluding carboxylic acids is 3. The van der Waals surface area contributed by atoms with Gasteiger partial charge in [0, 0.05) is 6.54 Å². The lowest BCUT2D eigenvalue weighted by atomic mass is 9.99. The van der Waals surface area contributed by atoms with Crippen molar-refractivity contribution in [2.45, 2.75) is 84.9 Å². The molecule has 0 aliphatic rings. The van der Waals surface area contributed by atoms with Crippen LogP contribution in [0.25, 0.3) is 0 Å². The molecule has 2 aromatic rings. The molecule has 0 aliphatic carbocycles. The zero-order valence-corrected chi connectivity index (χ0v) is 24.6. The van der Waals surface area contributed by atoms with Crippen molar-refractivity contribution in [3.8, 4) is 0 Å². The first-order valence-corrected chi connectivity index (χ1v) is 13.8. The fourth-order valence-corrected chi connectivity index (χ4v) is 4.39. The van der Waals surface area contributed by atoms with E-state index >= 15 is 0 Å². The van der Waals surface area contributed by atoms with Crippen LogP contribution in [0.4, 0.5) is 10.5 Å². The van der Waals surface area contributed by atoms with Gasteiger partial charge in [0.05, 0.1) is 17.3 Å². The first-order chi connectivity index (χ1) is 18.4. The third-order valence-electron chi connectivity index (χ3n) is 6.19. The zero-order valence-electron chi connectivity index (χ0n) is 23.8. The Morgan fingerprint density at radius 2 is 1.72 bits per heavy atom. The molecule has 2 atom stereocenters. The first kappa shape index (κ1) is 32.1. The number of alkyl carbamates (subject to hydrolysis) is 1. The highest BCUT2D eigenvalue weighted by molar-refractivity contribution is 6.34. The molecule has 2 aromatic carbocycles. The predicted octanol–water partition coefficient (Wildman–Crippen LogP) is 5.80. The topological polar surface area (TPSA) is 108 Å². The molecule has 0 bridgehead atoms. The second kappa shape index (κ2) is 14.9. The number of nitrogens with zero attached hydrogens (tertiary/aromatic N) is 1. The number of anilines is 1. The number of para-hydroxylation sites is 1. The van der Waals surface area contributed by atoms with E-state index in [4.69, 9.17) is 16.3 Å². The monoisotopic (exact) mass is 559 g/mol. The molecule has 0 aliphatic heterocycles. The molecule has 39 heavy (non-hydrogen) atoms. The molecule has 0 aromatic heterocycles. The standard InChI is InChI=1S/C30H42ClN3O5/c1-7-9-10-18-34(28(37)24(19-35)32-29(38)39-30(4,5)6)26(22-16-14-21(8-2)15-17-22)27(36)33-25-20(3)12-11-13-23(25)31/h11-17,24,26,35H,7-10,18-19H2,1-6H3,(H,32,38)(H,33,36). The average Bonchev–Trinajstić information content (AvgIpc) is 2.87. The van der Waals surface area contributed by atoms with E-state index in [0.717, 1.165) is 30.4 Å². The summed E-state index contributed by atoms with van der Waals surface area (Å²) in [5, 5.41) is 15.9. The van der Waals surface area contributed by atoms with Crippen molar-refractivity contribution in [1.82, 2.24) is 10.2 Å². The molecule has 0 spiro atoms. The van der Waals surface area contributed by atoms with E-state index in [9.17, 15) is 19.5 Å². The summed E-state index contributed by atoms with van der Waals surface area (Å²) < 4.78 is 5.30. The van der Waals surface area contributed by atoms with Crippen LogP contribution in [0.15, 0.2) is 42.5 Å². The predicted molar refractivity (Wildman–Crippen MR) is 155 cm³/mol. The van der Waals surface area contributed by atoms with Crippen LogP contribution < -0.4 is 10.6 Å². The van der Waals surface area contributed by atoms with Gasteiger partial charge in [-0.1, -0.05) is 74.7 Å². The van der Waals surface area contributed by atoms with Crippen LogP contribution in [0.2, 0.25) is 5.02 Å². The van der Waals surface area contributed by atoms with Gasteiger partial charge in [0.1, 0.15) is 17.7 Å². The lowest BCUT2D eigenvalue weighted by Crippen LogP contribution is -2.54. The molecular formula is C30H42ClN3O5. The van der Waals surface area contributed by atoms with Gasteiger partial charge in [-0.25, -0.2) is 4.79 Å². The van der Waals surface area contributed by atoms with Crippen molar-refractivity contribution in [3.63, 3.8) is 0 Å². The average molecular weight is 560 g/mol. The van der Waals surface area contributed by atoms with E-state index in [1.165, 1.54) is 4.90 Å². The number of aryl methyl sites for hydroxylation is 2. The quantitative estimate of drug-likeness (QED) is 0.285. The minimum absolute atomic E-state index is 0.244. The summed E-state index contributed by atoms with van der Waals surface area (Å²) in [6.45, 7) is 10.6. The molecule has 3 N–H and O–H groups in total. The second-order valence-corrected chi connectivity index (χ2v) is 10.9. The van der Waals surface area contributed by atoms with E-state index < -0.39 is 42.2 Å². The number of rotatable bonds is 12. The molecule has 2 unspecified atom stereocenters. The summed E-state index contributed by atoms with van der Waals surface area (Å²) in [5.74, 6) is -1.04. The summed E-state index contributed by atoms with van der Waals surface area (Å²) in [7, 11) is 0. The molecule has 0 saturated carbocycles. The maximum atomic E-state index is 13.9. The van der Waals surface area contributed by atoms with Crippen molar-refractivity contribution >= 4 is 35.2 Å².